The SMILES string of the molecule is CC1(C)COC2(CCC3(CC2)CC(=O)c2ccc4c(c2O3)CCC(C)(C)O4)OC1. The van der Waals surface area contributed by atoms with Crippen LogP contribution >= 0.6 is 0 Å². The summed E-state index contributed by atoms with van der Waals surface area (Å²) in [5.74, 6) is 1.30. The van der Waals surface area contributed by atoms with Crippen molar-refractivity contribution < 1.29 is 23.7 Å². The molecule has 3 heterocycles. The van der Waals surface area contributed by atoms with Gasteiger partial charge < -0.3 is 18.9 Å². The van der Waals surface area contributed by atoms with E-state index in [2.05, 4.69) is 27.7 Å². The first kappa shape index (κ1) is 19.4. The maximum atomic E-state index is 13.0. The molecule has 29 heavy (non-hydrogen) atoms. The van der Waals surface area contributed by atoms with Crippen molar-refractivity contribution in [3.63, 3.8) is 0 Å². The molecule has 158 valence electrons. The summed E-state index contributed by atoms with van der Waals surface area (Å²) in [6.45, 7) is 9.96. The molecule has 2 fully saturated rings. The molecule has 0 bridgehead atoms. The first-order chi connectivity index (χ1) is 13.6. The quantitative estimate of drug-likeness (QED) is 0.624. The predicted octanol–water partition coefficient (Wildman–Crippen LogP) is 4.84. The van der Waals surface area contributed by atoms with Crippen molar-refractivity contribution in [2.75, 3.05) is 13.2 Å². The third kappa shape index (κ3) is 3.36. The molecule has 5 rings (SSSR count). The van der Waals surface area contributed by atoms with Gasteiger partial charge in [0.1, 0.15) is 22.7 Å². The Morgan fingerprint density at radius 1 is 0.862 bits per heavy atom. The summed E-state index contributed by atoms with van der Waals surface area (Å²) in [5, 5.41) is 0. The highest BCUT2D eigenvalue weighted by molar-refractivity contribution is 6.01. The molecule has 0 amide bonds. The van der Waals surface area contributed by atoms with E-state index in [1.165, 1.54) is 0 Å². The molecule has 3 aliphatic heterocycles. The molecule has 0 N–H and O–H groups in total. The molecular weight excluding hydrogens is 368 g/mol. The topological polar surface area (TPSA) is 54.0 Å². The first-order valence-corrected chi connectivity index (χ1v) is 11.0. The molecule has 5 nitrogen and oxygen atoms in total. The number of carbonyl (C=O) groups excluding carboxylic acids is 1. The van der Waals surface area contributed by atoms with Crippen molar-refractivity contribution in [3.8, 4) is 11.5 Å². The number of ether oxygens (including phenoxy) is 4. The summed E-state index contributed by atoms with van der Waals surface area (Å²) in [6, 6.07) is 3.82. The number of fused-ring (bicyclic) bond motifs is 3. The Bertz CT molecular complexity index is 833. The van der Waals surface area contributed by atoms with Crippen LogP contribution in [0.4, 0.5) is 0 Å². The number of ketones is 1. The second-order valence-corrected chi connectivity index (χ2v) is 10.8. The average Bonchev–Trinajstić information content (AvgIpc) is 2.66. The predicted molar refractivity (Wildman–Crippen MR) is 109 cm³/mol. The molecule has 5 heteroatoms. The van der Waals surface area contributed by atoms with Gasteiger partial charge in [0.05, 0.1) is 25.2 Å². The summed E-state index contributed by atoms with van der Waals surface area (Å²) in [5.41, 5.74) is 1.20. The van der Waals surface area contributed by atoms with Crippen molar-refractivity contribution >= 4 is 5.78 Å². The summed E-state index contributed by atoms with van der Waals surface area (Å²) in [4.78, 5) is 13.0. The van der Waals surface area contributed by atoms with Gasteiger partial charge in [-0.2, -0.15) is 0 Å². The monoisotopic (exact) mass is 400 g/mol. The van der Waals surface area contributed by atoms with E-state index in [0.29, 0.717) is 25.2 Å². The number of hydrogen-bond acceptors (Lipinski definition) is 5. The van der Waals surface area contributed by atoms with Gasteiger partial charge in [0.15, 0.2) is 11.6 Å². The lowest BCUT2D eigenvalue weighted by Crippen LogP contribution is -2.55. The van der Waals surface area contributed by atoms with Gasteiger partial charge >= 0.3 is 0 Å². The molecule has 0 radical (unpaired) electrons. The molecule has 0 atom stereocenters. The summed E-state index contributed by atoms with van der Waals surface area (Å²) >= 11 is 0. The van der Waals surface area contributed by atoms with E-state index < -0.39 is 11.4 Å². The molecule has 0 aromatic heterocycles. The van der Waals surface area contributed by atoms with Gasteiger partial charge in [-0.3, -0.25) is 4.79 Å². The fourth-order valence-electron chi connectivity index (χ4n) is 5.08. The van der Waals surface area contributed by atoms with E-state index in [9.17, 15) is 4.79 Å². The number of carbonyl (C=O) groups is 1. The molecule has 0 unspecified atom stereocenters. The maximum Gasteiger partial charge on any atom is 0.170 e. The zero-order chi connectivity index (χ0) is 20.5. The maximum absolute atomic E-state index is 13.0. The normalized spacial score (nSPS) is 28.2. The number of Topliss-reactive ketones (excluding diaryl/α,β-unsaturated/α-hetero) is 1. The molecule has 4 aliphatic rings. The number of rotatable bonds is 0. The summed E-state index contributed by atoms with van der Waals surface area (Å²) < 4.78 is 25.2. The second-order valence-electron chi connectivity index (χ2n) is 10.8. The third-order valence-electron chi connectivity index (χ3n) is 7.06. The van der Waals surface area contributed by atoms with Crippen molar-refractivity contribution in [2.24, 2.45) is 5.41 Å². The van der Waals surface area contributed by atoms with Crippen LogP contribution in [-0.4, -0.2) is 36.0 Å². The van der Waals surface area contributed by atoms with Crippen LogP contribution in [0.5, 0.6) is 11.5 Å². The van der Waals surface area contributed by atoms with Crippen LogP contribution in [0, 0.1) is 5.41 Å². The fourth-order valence-corrected chi connectivity index (χ4v) is 5.08. The van der Waals surface area contributed by atoms with Gasteiger partial charge in [0, 0.05) is 23.8 Å². The van der Waals surface area contributed by atoms with Gasteiger partial charge in [0.2, 0.25) is 0 Å². The van der Waals surface area contributed by atoms with E-state index >= 15 is 0 Å². The largest absolute Gasteiger partial charge is 0.487 e. The molecular formula is C24H32O5. The van der Waals surface area contributed by atoms with Crippen LogP contribution in [0.15, 0.2) is 12.1 Å². The molecule has 1 saturated heterocycles. The van der Waals surface area contributed by atoms with Crippen molar-refractivity contribution in [2.45, 2.75) is 89.6 Å². The van der Waals surface area contributed by atoms with Crippen LogP contribution in [0.3, 0.4) is 0 Å². The fraction of sp³-hybridized carbons (Fsp3) is 0.708. The van der Waals surface area contributed by atoms with Crippen LogP contribution in [0.2, 0.25) is 0 Å². The summed E-state index contributed by atoms with van der Waals surface area (Å²) in [6.07, 6.45) is 5.31. The minimum atomic E-state index is -0.503. The van der Waals surface area contributed by atoms with E-state index in [-0.39, 0.29) is 16.8 Å². The lowest BCUT2D eigenvalue weighted by Gasteiger charge is -2.51. The van der Waals surface area contributed by atoms with E-state index in [4.69, 9.17) is 18.9 Å². The Labute approximate surface area is 173 Å². The number of benzene rings is 1. The molecule has 1 aromatic rings. The zero-order valence-electron chi connectivity index (χ0n) is 18.1. The Morgan fingerprint density at radius 2 is 1.55 bits per heavy atom. The molecule has 1 saturated carbocycles. The Balaban J connectivity index is 1.39. The zero-order valence-corrected chi connectivity index (χ0v) is 18.1. The molecule has 1 aromatic carbocycles. The van der Waals surface area contributed by atoms with E-state index in [0.717, 1.165) is 55.6 Å². The Hall–Kier alpha value is -1.59. The van der Waals surface area contributed by atoms with Gasteiger partial charge in [-0.15, -0.1) is 0 Å². The van der Waals surface area contributed by atoms with Crippen LogP contribution in [-0.2, 0) is 15.9 Å². The number of hydrogen-bond donors (Lipinski definition) is 0. The average molecular weight is 401 g/mol. The van der Waals surface area contributed by atoms with Gasteiger partial charge in [-0.25, -0.2) is 0 Å². The highest BCUT2D eigenvalue weighted by atomic mass is 16.7. The second kappa shape index (κ2) is 6.21. The first-order valence-electron chi connectivity index (χ1n) is 11.0. The lowest BCUT2D eigenvalue weighted by atomic mass is 9.75. The highest BCUT2D eigenvalue weighted by Crippen LogP contribution is 2.50. The van der Waals surface area contributed by atoms with Crippen LogP contribution < -0.4 is 9.47 Å². The Morgan fingerprint density at radius 3 is 2.24 bits per heavy atom. The van der Waals surface area contributed by atoms with Crippen LogP contribution in [0.25, 0.3) is 0 Å². The van der Waals surface area contributed by atoms with Crippen LogP contribution in [0.1, 0.15) is 82.1 Å². The van der Waals surface area contributed by atoms with Gasteiger partial charge in [-0.05, 0) is 51.7 Å². The minimum absolute atomic E-state index is 0.0590. The molecule has 2 spiro atoms. The van der Waals surface area contributed by atoms with Gasteiger partial charge in [-0.1, -0.05) is 13.8 Å². The summed E-state index contributed by atoms with van der Waals surface area (Å²) in [7, 11) is 0. The molecule has 1 aliphatic carbocycles. The van der Waals surface area contributed by atoms with Gasteiger partial charge in [0.25, 0.3) is 0 Å². The van der Waals surface area contributed by atoms with E-state index in [1.807, 2.05) is 12.1 Å². The standard InChI is InChI=1S/C24H32O5/c1-21(2)14-26-24(27-15-21)11-9-23(10-12-24)13-18(25)16-5-6-19-17(20(16)29-23)7-8-22(3,4)28-19/h5-6H,7-15H2,1-4H3. The van der Waals surface area contributed by atoms with Crippen molar-refractivity contribution in [1.29, 1.82) is 0 Å². The van der Waals surface area contributed by atoms with Crippen molar-refractivity contribution in [1.82, 2.24) is 0 Å². The smallest absolute Gasteiger partial charge is 0.170 e. The lowest BCUT2D eigenvalue weighted by molar-refractivity contribution is -0.318. The minimum Gasteiger partial charge on any atom is -0.487 e. The van der Waals surface area contributed by atoms with Crippen molar-refractivity contribution in [3.05, 3.63) is 23.3 Å². The highest BCUT2D eigenvalue weighted by Gasteiger charge is 2.51. The van der Waals surface area contributed by atoms with E-state index in [1.54, 1.807) is 0 Å². The Kier molecular flexibility index (Phi) is 4.15. The third-order valence-corrected chi connectivity index (χ3v) is 7.06.